The topological polar surface area (TPSA) is 40.6 Å². The van der Waals surface area contributed by atoms with E-state index in [9.17, 15) is 9.59 Å². The van der Waals surface area contributed by atoms with E-state index in [0.717, 1.165) is 51.7 Å². The normalized spacial score (nSPS) is 28.6. The smallest absolute Gasteiger partial charge is 0.239 e. The van der Waals surface area contributed by atoms with Gasteiger partial charge in [0.15, 0.2) is 0 Å². The molecule has 2 fully saturated rings. The van der Waals surface area contributed by atoms with Crippen LogP contribution in [0.15, 0.2) is 0 Å². The monoisotopic (exact) mass is 294 g/mol. The Hall–Kier alpha value is -0.900. The first-order valence-electron chi connectivity index (χ1n) is 8.67. The van der Waals surface area contributed by atoms with Gasteiger partial charge in [-0.25, -0.2) is 0 Å². The molecule has 0 radical (unpaired) electrons. The molecule has 0 spiro atoms. The first-order chi connectivity index (χ1) is 10.1. The molecule has 0 N–H and O–H groups in total. The second-order valence-corrected chi connectivity index (χ2v) is 6.45. The molecule has 1 aliphatic heterocycles. The van der Waals surface area contributed by atoms with Crippen molar-refractivity contribution in [2.45, 2.75) is 71.4 Å². The summed E-state index contributed by atoms with van der Waals surface area (Å²) in [6.45, 7) is 8.57. The van der Waals surface area contributed by atoms with Crippen molar-refractivity contribution in [3.05, 3.63) is 0 Å². The maximum Gasteiger partial charge on any atom is 0.239 e. The van der Waals surface area contributed by atoms with E-state index in [1.165, 1.54) is 6.42 Å². The van der Waals surface area contributed by atoms with Crippen LogP contribution in [0.25, 0.3) is 0 Å². The van der Waals surface area contributed by atoms with Crippen LogP contribution in [-0.4, -0.2) is 53.2 Å². The average Bonchev–Trinajstić information content (AvgIpc) is 2.97. The molecule has 0 bridgehead atoms. The van der Waals surface area contributed by atoms with Crippen LogP contribution >= 0.6 is 0 Å². The fourth-order valence-corrected chi connectivity index (χ4v) is 4.09. The van der Waals surface area contributed by atoms with Crippen molar-refractivity contribution in [3.8, 4) is 0 Å². The number of nitrogens with zero attached hydrogens (tertiary/aromatic N) is 2. The van der Waals surface area contributed by atoms with E-state index in [2.05, 4.69) is 4.90 Å². The highest BCUT2D eigenvalue weighted by Gasteiger charge is 2.40. The maximum atomic E-state index is 12.6. The van der Waals surface area contributed by atoms with Crippen molar-refractivity contribution >= 4 is 11.7 Å². The second kappa shape index (κ2) is 7.39. The van der Waals surface area contributed by atoms with Gasteiger partial charge in [-0.1, -0.05) is 6.42 Å². The van der Waals surface area contributed by atoms with Crippen LogP contribution in [0.3, 0.4) is 0 Å². The predicted molar refractivity (Wildman–Crippen MR) is 84.1 cm³/mol. The summed E-state index contributed by atoms with van der Waals surface area (Å²) in [5.74, 6) is 0.823. The van der Waals surface area contributed by atoms with Crippen molar-refractivity contribution in [3.63, 3.8) is 0 Å². The zero-order valence-electron chi connectivity index (χ0n) is 13.8. The number of carbonyl (C=O) groups excluding carboxylic acids is 2. The van der Waals surface area contributed by atoms with Gasteiger partial charge < -0.3 is 4.90 Å². The van der Waals surface area contributed by atoms with Crippen LogP contribution in [0.4, 0.5) is 0 Å². The Morgan fingerprint density at radius 2 is 1.95 bits per heavy atom. The van der Waals surface area contributed by atoms with Gasteiger partial charge in [0, 0.05) is 31.5 Å². The van der Waals surface area contributed by atoms with Gasteiger partial charge in [-0.05, 0) is 53.0 Å². The Bertz CT molecular complexity index is 379. The predicted octanol–water partition coefficient (Wildman–Crippen LogP) is 2.47. The Balaban J connectivity index is 2.06. The van der Waals surface area contributed by atoms with E-state index in [4.69, 9.17) is 0 Å². The molecule has 21 heavy (non-hydrogen) atoms. The number of amides is 1. The van der Waals surface area contributed by atoms with E-state index in [-0.39, 0.29) is 17.9 Å². The van der Waals surface area contributed by atoms with E-state index in [1.807, 2.05) is 25.7 Å². The molecule has 1 saturated carbocycles. The lowest BCUT2D eigenvalue weighted by Crippen LogP contribution is -2.51. The number of hydrogen-bond acceptors (Lipinski definition) is 3. The lowest BCUT2D eigenvalue weighted by atomic mass is 9.81. The highest BCUT2D eigenvalue weighted by molar-refractivity contribution is 5.83. The number of Topliss-reactive ketones (excluding diaryl/α,β-unsaturated/α-hetero) is 1. The number of hydrogen-bond donors (Lipinski definition) is 0. The molecular weight excluding hydrogens is 264 g/mol. The van der Waals surface area contributed by atoms with Crippen molar-refractivity contribution in [1.29, 1.82) is 0 Å². The summed E-state index contributed by atoms with van der Waals surface area (Å²) in [4.78, 5) is 29.1. The van der Waals surface area contributed by atoms with Gasteiger partial charge in [0.05, 0.1) is 6.04 Å². The Labute approximate surface area is 128 Å². The van der Waals surface area contributed by atoms with Crippen LogP contribution in [0.2, 0.25) is 0 Å². The molecule has 1 amide bonds. The summed E-state index contributed by atoms with van der Waals surface area (Å²) in [6, 6.07) is 0.208. The molecule has 1 aliphatic carbocycles. The minimum atomic E-state index is -0.0906. The van der Waals surface area contributed by atoms with Crippen LogP contribution in [0.5, 0.6) is 0 Å². The maximum absolute atomic E-state index is 12.6. The molecular formula is C17H30N2O2. The lowest BCUT2D eigenvalue weighted by Gasteiger charge is -2.37. The number of ketones is 1. The highest BCUT2D eigenvalue weighted by Crippen LogP contribution is 2.33. The first kappa shape index (κ1) is 16.5. The molecule has 1 saturated heterocycles. The molecule has 3 unspecified atom stereocenters. The molecule has 4 heteroatoms. The van der Waals surface area contributed by atoms with E-state index >= 15 is 0 Å². The number of carbonyl (C=O) groups is 2. The average molecular weight is 294 g/mol. The Kier molecular flexibility index (Phi) is 5.80. The lowest BCUT2D eigenvalue weighted by molar-refractivity contribution is -0.138. The molecule has 2 rings (SSSR count). The minimum absolute atomic E-state index is 0.0906. The fraction of sp³-hybridized carbons (Fsp3) is 0.882. The van der Waals surface area contributed by atoms with Crippen molar-refractivity contribution < 1.29 is 9.59 Å². The number of likely N-dealkylation sites (N-methyl/N-ethyl adjacent to an activating group) is 1. The third-order valence-corrected chi connectivity index (χ3v) is 5.34. The fourth-order valence-electron chi connectivity index (χ4n) is 4.09. The van der Waals surface area contributed by atoms with Crippen LogP contribution in [-0.2, 0) is 9.59 Å². The zero-order chi connectivity index (χ0) is 15.4. The van der Waals surface area contributed by atoms with Crippen LogP contribution < -0.4 is 0 Å². The van der Waals surface area contributed by atoms with Crippen LogP contribution in [0, 0.1) is 5.92 Å². The second-order valence-electron chi connectivity index (χ2n) is 6.45. The van der Waals surface area contributed by atoms with Gasteiger partial charge in [-0.2, -0.15) is 0 Å². The van der Waals surface area contributed by atoms with Gasteiger partial charge in [0.1, 0.15) is 5.78 Å². The molecule has 0 aromatic carbocycles. The molecule has 3 atom stereocenters. The van der Waals surface area contributed by atoms with Crippen molar-refractivity contribution in [1.82, 2.24) is 9.80 Å². The van der Waals surface area contributed by atoms with Crippen molar-refractivity contribution in [2.24, 2.45) is 5.92 Å². The van der Waals surface area contributed by atoms with Gasteiger partial charge in [0.2, 0.25) is 5.91 Å². The summed E-state index contributed by atoms with van der Waals surface area (Å²) < 4.78 is 0. The van der Waals surface area contributed by atoms with Gasteiger partial charge in [-0.15, -0.1) is 0 Å². The SMILES string of the molecule is CCN(CC)C(=O)C(C)N1CCCC1C1CCCCC1=O. The molecule has 4 nitrogen and oxygen atoms in total. The summed E-state index contributed by atoms with van der Waals surface area (Å²) >= 11 is 0. The highest BCUT2D eigenvalue weighted by atomic mass is 16.2. The third kappa shape index (κ3) is 3.47. The molecule has 120 valence electrons. The molecule has 0 aromatic heterocycles. The largest absolute Gasteiger partial charge is 0.342 e. The van der Waals surface area contributed by atoms with Gasteiger partial charge in [0.25, 0.3) is 0 Å². The molecule has 2 aliphatic rings. The van der Waals surface area contributed by atoms with Crippen molar-refractivity contribution in [2.75, 3.05) is 19.6 Å². The first-order valence-corrected chi connectivity index (χ1v) is 8.67. The minimum Gasteiger partial charge on any atom is -0.342 e. The standard InChI is InChI=1S/C17H30N2O2/c1-4-18(5-2)17(21)13(3)19-12-8-10-15(19)14-9-6-7-11-16(14)20/h13-15H,4-12H2,1-3H3. The molecule has 1 heterocycles. The summed E-state index contributed by atoms with van der Waals surface area (Å²) in [7, 11) is 0. The zero-order valence-corrected chi connectivity index (χ0v) is 13.8. The van der Waals surface area contributed by atoms with E-state index in [0.29, 0.717) is 11.8 Å². The number of rotatable bonds is 5. The van der Waals surface area contributed by atoms with Gasteiger partial charge in [-0.3, -0.25) is 14.5 Å². The third-order valence-electron chi connectivity index (χ3n) is 5.34. The number of likely N-dealkylation sites (tertiary alicyclic amines) is 1. The Morgan fingerprint density at radius 3 is 2.57 bits per heavy atom. The Morgan fingerprint density at radius 1 is 1.24 bits per heavy atom. The van der Waals surface area contributed by atoms with E-state index < -0.39 is 0 Å². The summed E-state index contributed by atoms with van der Waals surface area (Å²) in [5, 5.41) is 0. The van der Waals surface area contributed by atoms with Crippen LogP contribution in [0.1, 0.15) is 59.3 Å². The summed E-state index contributed by atoms with van der Waals surface area (Å²) in [6.07, 6.45) is 6.17. The summed E-state index contributed by atoms with van der Waals surface area (Å²) in [5.41, 5.74) is 0. The molecule has 0 aromatic rings. The quantitative estimate of drug-likeness (QED) is 0.782. The van der Waals surface area contributed by atoms with E-state index in [1.54, 1.807) is 0 Å². The van der Waals surface area contributed by atoms with Gasteiger partial charge >= 0.3 is 0 Å².